The van der Waals surface area contributed by atoms with Crippen LogP contribution in [0.15, 0.2) is 54.6 Å². The molecule has 30 heavy (non-hydrogen) atoms. The second kappa shape index (κ2) is 11.6. The predicted octanol–water partition coefficient (Wildman–Crippen LogP) is 4.15. The molecule has 2 rings (SSSR count). The Balaban J connectivity index is 1.78. The third-order valence-corrected chi connectivity index (χ3v) is 4.78. The van der Waals surface area contributed by atoms with Gasteiger partial charge in [0, 0.05) is 29.9 Å². The van der Waals surface area contributed by atoms with E-state index in [9.17, 15) is 19.5 Å². The number of carboxylic acids is 1. The summed E-state index contributed by atoms with van der Waals surface area (Å²) in [5.74, 6) is -1.61. The van der Waals surface area contributed by atoms with E-state index in [0.717, 1.165) is 17.8 Å². The summed E-state index contributed by atoms with van der Waals surface area (Å²) < 4.78 is 0. The molecule has 0 bridgehead atoms. The van der Waals surface area contributed by atoms with Crippen molar-refractivity contribution in [3.05, 3.63) is 54.6 Å². The fourth-order valence-corrected chi connectivity index (χ4v) is 2.83. The van der Waals surface area contributed by atoms with Gasteiger partial charge in [0.25, 0.3) is 0 Å². The lowest BCUT2D eigenvalue weighted by atomic mass is 9.99. The molecule has 0 fully saturated rings. The van der Waals surface area contributed by atoms with Crippen molar-refractivity contribution in [3.63, 3.8) is 0 Å². The van der Waals surface area contributed by atoms with Crippen LogP contribution in [0, 0.1) is 5.92 Å². The molecule has 7 heteroatoms. The minimum absolute atomic E-state index is 0.0223. The predicted molar refractivity (Wildman–Crippen MR) is 118 cm³/mol. The minimum Gasteiger partial charge on any atom is -0.480 e. The highest BCUT2D eigenvalue weighted by Crippen LogP contribution is 2.19. The normalized spacial score (nSPS) is 12.5. The maximum atomic E-state index is 12.1. The van der Waals surface area contributed by atoms with E-state index < -0.39 is 17.9 Å². The smallest absolute Gasteiger partial charge is 0.326 e. The van der Waals surface area contributed by atoms with Gasteiger partial charge in [-0.2, -0.15) is 0 Å². The summed E-state index contributed by atoms with van der Waals surface area (Å²) in [4.78, 5) is 35.5. The molecule has 0 aliphatic rings. The molecule has 2 atom stereocenters. The Morgan fingerprint density at radius 3 is 2.03 bits per heavy atom. The first-order valence-electron chi connectivity index (χ1n) is 10.1. The first-order chi connectivity index (χ1) is 14.4. The lowest BCUT2D eigenvalue weighted by Gasteiger charge is -2.17. The second-order valence-corrected chi connectivity index (χ2v) is 7.32. The number of hydrogen-bond donors (Lipinski definition) is 4. The van der Waals surface area contributed by atoms with E-state index in [0.29, 0.717) is 12.1 Å². The number of amides is 2. The first kappa shape index (κ1) is 22.9. The van der Waals surface area contributed by atoms with Crippen molar-refractivity contribution in [2.24, 2.45) is 5.92 Å². The molecule has 2 aromatic carbocycles. The summed E-state index contributed by atoms with van der Waals surface area (Å²) in [5, 5.41) is 17.8. The number of benzene rings is 2. The van der Waals surface area contributed by atoms with Crippen molar-refractivity contribution in [1.82, 2.24) is 5.32 Å². The average Bonchev–Trinajstić information content (AvgIpc) is 2.73. The zero-order valence-corrected chi connectivity index (χ0v) is 17.4. The Labute approximate surface area is 176 Å². The highest BCUT2D eigenvalue weighted by Gasteiger charge is 2.22. The van der Waals surface area contributed by atoms with Gasteiger partial charge in [0.2, 0.25) is 11.8 Å². The van der Waals surface area contributed by atoms with Crippen LogP contribution in [0.5, 0.6) is 0 Å². The number of carbonyl (C=O) groups excluding carboxylic acids is 2. The van der Waals surface area contributed by atoms with Crippen molar-refractivity contribution in [2.75, 3.05) is 10.6 Å². The van der Waals surface area contributed by atoms with Crippen LogP contribution in [0.1, 0.15) is 39.5 Å². The SMILES string of the molecule is CCC(C)C[C@H](NC(=O)CCC(=O)Nc1ccc(Nc2ccccc2)cc1)C(=O)O. The number of hydrogen-bond acceptors (Lipinski definition) is 4. The van der Waals surface area contributed by atoms with Crippen LogP contribution in [0.4, 0.5) is 17.1 Å². The largest absolute Gasteiger partial charge is 0.480 e. The van der Waals surface area contributed by atoms with Crippen LogP contribution >= 0.6 is 0 Å². The Kier molecular flexibility index (Phi) is 8.87. The Morgan fingerprint density at radius 1 is 0.867 bits per heavy atom. The number of carbonyl (C=O) groups is 3. The Hall–Kier alpha value is -3.35. The molecule has 0 aromatic heterocycles. The summed E-state index contributed by atoms with van der Waals surface area (Å²) in [6, 6.07) is 16.1. The van der Waals surface area contributed by atoms with Crippen LogP contribution in [0.3, 0.4) is 0 Å². The maximum absolute atomic E-state index is 12.1. The van der Waals surface area contributed by atoms with Gasteiger partial charge in [-0.1, -0.05) is 38.5 Å². The molecule has 4 N–H and O–H groups in total. The highest BCUT2D eigenvalue weighted by molar-refractivity contribution is 5.94. The van der Waals surface area contributed by atoms with E-state index in [1.165, 1.54) is 0 Å². The monoisotopic (exact) mass is 411 g/mol. The molecule has 2 aromatic rings. The average molecular weight is 412 g/mol. The molecule has 0 radical (unpaired) electrons. The summed E-state index contributed by atoms with van der Waals surface area (Å²) in [6.45, 7) is 3.91. The molecule has 0 saturated carbocycles. The standard InChI is InChI=1S/C23H29N3O4/c1-3-16(2)15-20(23(29)30)26-22(28)14-13-21(27)25-19-11-9-18(10-12-19)24-17-7-5-4-6-8-17/h4-12,16,20,24H,3,13-15H2,1-2H3,(H,25,27)(H,26,28)(H,29,30)/t16?,20-/m0/s1. The molecule has 0 aliphatic carbocycles. The lowest BCUT2D eigenvalue weighted by molar-refractivity contribution is -0.142. The number of nitrogens with one attached hydrogen (secondary N) is 3. The van der Waals surface area contributed by atoms with Crippen LogP contribution in [-0.2, 0) is 14.4 Å². The topological polar surface area (TPSA) is 108 Å². The second-order valence-electron chi connectivity index (χ2n) is 7.32. The van der Waals surface area contributed by atoms with Gasteiger partial charge >= 0.3 is 5.97 Å². The van der Waals surface area contributed by atoms with Crippen LogP contribution in [-0.4, -0.2) is 28.9 Å². The lowest BCUT2D eigenvalue weighted by Crippen LogP contribution is -2.42. The van der Waals surface area contributed by atoms with Crippen molar-refractivity contribution in [3.8, 4) is 0 Å². The van der Waals surface area contributed by atoms with Gasteiger partial charge in [-0.05, 0) is 48.7 Å². The Morgan fingerprint density at radius 2 is 1.43 bits per heavy atom. The van der Waals surface area contributed by atoms with E-state index in [-0.39, 0.29) is 24.7 Å². The van der Waals surface area contributed by atoms with Crippen LogP contribution in [0.25, 0.3) is 0 Å². The molecule has 0 spiro atoms. The van der Waals surface area contributed by atoms with Crippen molar-refractivity contribution >= 4 is 34.8 Å². The van der Waals surface area contributed by atoms with Crippen molar-refractivity contribution < 1.29 is 19.5 Å². The van der Waals surface area contributed by atoms with E-state index in [1.54, 1.807) is 12.1 Å². The van der Waals surface area contributed by atoms with Crippen LogP contribution < -0.4 is 16.0 Å². The molecule has 1 unspecified atom stereocenters. The summed E-state index contributed by atoms with van der Waals surface area (Å²) in [5.41, 5.74) is 2.48. The molecular weight excluding hydrogens is 382 g/mol. The van der Waals surface area contributed by atoms with E-state index in [4.69, 9.17) is 0 Å². The number of carboxylic acid groups (broad SMARTS) is 1. The fraction of sp³-hybridized carbons (Fsp3) is 0.348. The van der Waals surface area contributed by atoms with Gasteiger partial charge in [-0.25, -0.2) is 4.79 Å². The third-order valence-electron chi connectivity index (χ3n) is 4.78. The minimum atomic E-state index is -1.06. The maximum Gasteiger partial charge on any atom is 0.326 e. The summed E-state index contributed by atoms with van der Waals surface area (Å²) in [7, 11) is 0. The molecule has 2 amide bonds. The molecule has 160 valence electrons. The van der Waals surface area contributed by atoms with Gasteiger partial charge in [0.15, 0.2) is 0 Å². The van der Waals surface area contributed by atoms with Gasteiger partial charge in [0.05, 0.1) is 0 Å². The van der Waals surface area contributed by atoms with Gasteiger partial charge in [-0.3, -0.25) is 9.59 Å². The number of anilines is 3. The van der Waals surface area contributed by atoms with Gasteiger partial charge < -0.3 is 21.1 Å². The molecule has 0 aliphatic heterocycles. The zero-order valence-electron chi connectivity index (χ0n) is 17.4. The molecule has 0 saturated heterocycles. The summed E-state index contributed by atoms with van der Waals surface area (Å²) >= 11 is 0. The molecular formula is C23H29N3O4. The molecule has 0 heterocycles. The number of rotatable bonds is 11. The number of aliphatic carboxylic acids is 1. The fourth-order valence-electron chi connectivity index (χ4n) is 2.83. The van der Waals surface area contributed by atoms with Crippen molar-refractivity contribution in [1.29, 1.82) is 0 Å². The van der Waals surface area contributed by atoms with E-state index >= 15 is 0 Å². The van der Waals surface area contributed by atoms with E-state index in [1.807, 2.05) is 56.3 Å². The number of para-hydroxylation sites is 1. The highest BCUT2D eigenvalue weighted by atomic mass is 16.4. The quantitative estimate of drug-likeness (QED) is 0.444. The first-order valence-corrected chi connectivity index (χ1v) is 10.1. The van der Waals surface area contributed by atoms with Gasteiger partial charge in [0.1, 0.15) is 6.04 Å². The Bertz CT molecular complexity index is 837. The van der Waals surface area contributed by atoms with Crippen molar-refractivity contribution in [2.45, 2.75) is 45.6 Å². The van der Waals surface area contributed by atoms with E-state index in [2.05, 4.69) is 16.0 Å². The summed E-state index contributed by atoms with van der Waals surface area (Å²) in [6.07, 6.45) is 1.12. The third kappa shape index (κ3) is 7.95. The van der Waals surface area contributed by atoms with Crippen LogP contribution in [0.2, 0.25) is 0 Å². The molecule has 7 nitrogen and oxygen atoms in total. The zero-order chi connectivity index (χ0) is 21.9. The van der Waals surface area contributed by atoms with Gasteiger partial charge in [-0.15, -0.1) is 0 Å².